The topological polar surface area (TPSA) is 17.1 Å². The maximum Gasteiger partial charge on any atom is 0.194 e. The van der Waals surface area contributed by atoms with Crippen molar-refractivity contribution in [1.29, 1.82) is 0 Å². The van der Waals surface area contributed by atoms with Gasteiger partial charge in [-0.15, -0.1) is 0 Å². The van der Waals surface area contributed by atoms with Crippen LogP contribution >= 0.6 is 0 Å². The average Bonchev–Trinajstić information content (AvgIpc) is 2.36. The number of hydrogen-bond donors (Lipinski definition) is 0. The van der Waals surface area contributed by atoms with Crippen LogP contribution in [0.4, 0.5) is 13.2 Å². The minimum Gasteiger partial charge on any atom is -0.294 e. The van der Waals surface area contributed by atoms with E-state index >= 15 is 0 Å². The molecule has 0 aliphatic carbocycles. The molecular formula is C14H17F3O. The largest absolute Gasteiger partial charge is 0.294 e. The van der Waals surface area contributed by atoms with E-state index in [-0.39, 0.29) is 17.3 Å². The molecule has 0 spiro atoms. The molecule has 0 saturated heterocycles. The number of hydrogen-bond acceptors (Lipinski definition) is 1. The van der Waals surface area contributed by atoms with Gasteiger partial charge in [0.15, 0.2) is 23.2 Å². The zero-order valence-corrected chi connectivity index (χ0v) is 10.6. The second kappa shape index (κ2) is 6.57. The van der Waals surface area contributed by atoms with E-state index in [9.17, 15) is 18.0 Å². The van der Waals surface area contributed by atoms with Crippen LogP contribution in [0.1, 0.15) is 49.9 Å². The van der Waals surface area contributed by atoms with Crippen molar-refractivity contribution in [2.24, 2.45) is 5.92 Å². The van der Waals surface area contributed by atoms with E-state index in [0.29, 0.717) is 12.8 Å². The van der Waals surface area contributed by atoms with Crippen LogP contribution in [0.2, 0.25) is 0 Å². The van der Waals surface area contributed by atoms with Gasteiger partial charge in [-0.1, -0.05) is 26.7 Å². The number of halogens is 3. The first-order valence-corrected chi connectivity index (χ1v) is 6.20. The summed E-state index contributed by atoms with van der Waals surface area (Å²) >= 11 is 0. The molecule has 0 aromatic heterocycles. The molecule has 0 aliphatic rings. The SMILES string of the molecule is CCCCC(CC)C(=O)c1cc(F)c(F)c(F)c1. The van der Waals surface area contributed by atoms with Crippen LogP contribution in [0, 0.1) is 23.4 Å². The second-order valence-electron chi connectivity index (χ2n) is 4.37. The fraction of sp³-hybridized carbons (Fsp3) is 0.500. The summed E-state index contributed by atoms with van der Waals surface area (Å²) < 4.78 is 38.9. The van der Waals surface area contributed by atoms with Crippen LogP contribution in [-0.2, 0) is 0 Å². The predicted octanol–water partition coefficient (Wildman–Crippen LogP) is 4.50. The molecule has 1 rings (SSSR count). The van der Waals surface area contributed by atoms with Gasteiger partial charge >= 0.3 is 0 Å². The summed E-state index contributed by atoms with van der Waals surface area (Å²) in [6, 6.07) is 1.55. The Labute approximate surface area is 105 Å². The molecular weight excluding hydrogens is 241 g/mol. The minimum atomic E-state index is -1.53. The molecule has 1 atom stereocenters. The molecule has 0 saturated carbocycles. The number of Topliss-reactive ketones (excluding diaryl/α,β-unsaturated/α-hetero) is 1. The van der Waals surface area contributed by atoms with Gasteiger partial charge in [-0.05, 0) is 25.0 Å². The Bertz CT molecular complexity index is 406. The quantitative estimate of drug-likeness (QED) is 0.542. The van der Waals surface area contributed by atoms with Crippen molar-refractivity contribution >= 4 is 5.78 Å². The van der Waals surface area contributed by atoms with Crippen LogP contribution < -0.4 is 0 Å². The fourth-order valence-corrected chi connectivity index (χ4v) is 1.90. The number of carbonyl (C=O) groups is 1. The maximum absolute atomic E-state index is 13.1. The molecule has 1 unspecified atom stereocenters. The van der Waals surface area contributed by atoms with Gasteiger partial charge < -0.3 is 0 Å². The first-order chi connectivity index (χ1) is 8.51. The summed E-state index contributed by atoms with van der Waals surface area (Å²) in [4.78, 5) is 12.0. The Hall–Kier alpha value is -1.32. The molecule has 0 amide bonds. The standard InChI is InChI=1S/C14H17F3O/c1-3-5-6-9(4-2)14(18)10-7-11(15)13(17)12(16)8-10/h7-9H,3-6H2,1-2H3. The molecule has 0 radical (unpaired) electrons. The highest BCUT2D eigenvalue weighted by atomic mass is 19.2. The fourth-order valence-electron chi connectivity index (χ4n) is 1.90. The van der Waals surface area contributed by atoms with Gasteiger partial charge in [0.2, 0.25) is 0 Å². The van der Waals surface area contributed by atoms with Crippen LogP contribution in [0.25, 0.3) is 0 Å². The number of rotatable bonds is 6. The monoisotopic (exact) mass is 258 g/mol. The molecule has 18 heavy (non-hydrogen) atoms. The minimum absolute atomic E-state index is 0.0886. The van der Waals surface area contributed by atoms with Gasteiger partial charge in [0.05, 0.1) is 0 Å². The maximum atomic E-state index is 13.1. The first-order valence-electron chi connectivity index (χ1n) is 6.20. The van der Waals surface area contributed by atoms with Crippen molar-refractivity contribution in [3.05, 3.63) is 35.1 Å². The third-order valence-electron chi connectivity index (χ3n) is 3.04. The molecule has 0 aliphatic heterocycles. The highest BCUT2D eigenvalue weighted by Gasteiger charge is 2.21. The van der Waals surface area contributed by atoms with E-state index in [1.807, 2.05) is 13.8 Å². The molecule has 0 bridgehead atoms. The van der Waals surface area contributed by atoms with Crippen molar-refractivity contribution < 1.29 is 18.0 Å². The summed E-state index contributed by atoms with van der Waals surface area (Å²) in [6.07, 6.45) is 3.14. The third-order valence-corrected chi connectivity index (χ3v) is 3.04. The molecule has 0 fully saturated rings. The van der Waals surface area contributed by atoms with E-state index in [2.05, 4.69) is 0 Å². The number of ketones is 1. The highest BCUT2D eigenvalue weighted by Crippen LogP contribution is 2.21. The molecule has 1 aromatic rings. The molecule has 0 heterocycles. The zero-order chi connectivity index (χ0) is 13.7. The van der Waals surface area contributed by atoms with E-state index in [1.165, 1.54) is 0 Å². The Morgan fingerprint density at radius 2 is 1.72 bits per heavy atom. The van der Waals surface area contributed by atoms with Crippen LogP contribution in [0.3, 0.4) is 0 Å². The lowest BCUT2D eigenvalue weighted by Gasteiger charge is -2.13. The van der Waals surface area contributed by atoms with Gasteiger partial charge in [-0.2, -0.15) is 0 Å². The van der Waals surface area contributed by atoms with E-state index < -0.39 is 17.5 Å². The summed E-state index contributed by atoms with van der Waals surface area (Å²) in [6.45, 7) is 3.86. The molecule has 100 valence electrons. The van der Waals surface area contributed by atoms with Crippen LogP contribution in [-0.4, -0.2) is 5.78 Å². The van der Waals surface area contributed by atoms with Gasteiger partial charge in [0.1, 0.15) is 0 Å². The normalized spacial score (nSPS) is 12.5. The Balaban J connectivity index is 2.95. The van der Waals surface area contributed by atoms with Gasteiger partial charge in [0.25, 0.3) is 0 Å². The smallest absolute Gasteiger partial charge is 0.194 e. The summed E-state index contributed by atoms with van der Waals surface area (Å²) in [7, 11) is 0. The molecule has 4 heteroatoms. The second-order valence-corrected chi connectivity index (χ2v) is 4.37. The summed E-state index contributed by atoms with van der Waals surface area (Å²) in [5.74, 6) is -4.74. The van der Waals surface area contributed by atoms with E-state index in [0.717, 1.165) is 25.0 Å². The molecule has 1 nitrogen and oxygen atoms in total. The van der Waals surface area contributed by atoms with Crippen molar-refractivity contribution in [3.63, 3.8) is 0 Å². The highest BCUT2D eigenvalue weighted by molar-refractivity contribution is 5.97. The average molecular weight is 258 g/mol. The lowest BCUT2D eigenvalue weighted by atomic mass is 9.90. The number of benzene rings is 1. The summed E-state index contributed by atoms with van der Waals surface area (Å²) in [5, 5.41) is 0. The first kappa shape index (κ1) is 14.7. The lowest BCUT2D eigenvalue weighted by molar-refractivity contribution is 0.0907. The third kappa shape index (κ3) is 3.34. The van der Waals surface area contributed by atoms with Crippen molar-refractivity contribution in [1.82, 2.24) is 0 Å². The van der Waals surface area contributed by atoms with Crippen LogP contribution in [0.5, 0.6) is 0 Å². The molecule has 1 aromatic carbocycles. The zero-order valence-electron chi connectivity index (χ0n) is 10.6. The van der Waals surface area contributed by atoms with Gasteiger partial charge in [-0.3, -0.25) is 4.79 Å². The Kier molecular flexibility index (Phi) is 5.38. The Morgan fingerprint density at radius 3 is 2.17 bits per heavy atom. The van der Waals surface area contributed by atoms with E-state index in [4.69, 9.17) is 0 Å². The number of carbonyl (C=O) groups excluding carboxylic acids is 1. The van der Waals surface area contributed by atoms with Crippen molar-refractivity contribution in [3.8, 4) is 0 Å². The molecule has 0 N–H and O–H groups in total. The Morgan fingerprint density at radius 1 is 1.17 bits per heavy atom. The van der Waals surface area contributed by atoms with Gasteiger partial charge in [0, 0.05) is 11.5 Å². The predicted molar refractivity (Wildman–Crippen MR) is 64.0 cm³/mol. The van der Waals surface area contributed by atoms with E-state index in [1.54, 1.807) is 0 Å². The van der Waals surface area contributed by atoms with Crippen LogP contribution in [0.15, 0.2) is 12.1 Å². The lowest BCUT2D eigenvalue weighted by Crippen LogP contribution is -2.15. The van der Waals surface area contributed by atoms with Crippen molar-refractivity contribution in [2.75, 3.05) is 0 Å². The van der Waals surface area contributed by atoms with Crippen molar-refractivity contribution in [2.45, 2.75) is 39.5 Å². The summed E-state index contributed by atoms with van der Waals surface area (Å²) in [5.41, 5.74) is -0.0886. The number of unbranched alkanes of at least 4 members (excludes halogenated alkanes) is 1. The van der Waals surface area contributed by atoms with Gasteiger partial charge in [-0.25, -0.2) is 13.2 Å².